The lowest BCUT2D eigenvalue weighted by Crippen LogP contribution is -2.41. The van der Waals surface area contributed by atoms with Crippen molar-refractivity contribution in [3.05, 3.63) is 4.88 Å². The minimum atomic E-state index is -0.290. The van der Waals surface area contributed by atoms with Gasteiger partial charge in [0.2, 0.25) is 0 Å². The SMILES string of the molecule is CCNc1nc(N)c(C(=O)N[C@H](CO)C(C)C)s1. The number of hydrogen-bond donors (Lipinski definition) is 4. The summed E-state index contributed by atoms with van der Waals surface area (Å²) in [6, 6.07) is -0.276. The fraction of sp³-hybridized carbons (Fsp3) is 0.636. The predicted molar refractivity (Wildman–Crippen MR) is 73.9 cm³/mol. The predicted octanol–water partition coefficient (Wildman–Crippen LogP) is 0.904. The number of aliphatic hydroxyl groups is 1. The molecule has 1 heterocycles. The highest BCUT2D eigenvalue weighted by molar-refractivity contribution is 7.18. The van der Waals surface area contributed by atoms with E-state index in [4.69, 9.17) is 5.73 Å². The molecule has 0 aliphatic carbocycles. The number of nitrogen functional groups attached to an aromatic ring is 1. The van der Waals surface area contributed by atoms with Gasteiger partial charge in [-0.15, -0.1) is 0 Å². The van der Waals surface area contributed by atoms with Gasteiger partial charge in [0.25, 0.3) is 5.91 Å². The molecule has 1 rings (SSSR count). The van der Waals surface area contributed by atoms with Crippen LogP contribution in [-0.2, 0) is 0 Å². The van der Waals surface area contributed by atoms with Crippen LogP contribution in [0, 0.1) is 5.92 Å². The summed E-state index contributed by atoms with van der Waals surface area (Å²) in [7, 11) is 0. The molecule has 0 aliphatic heterocycles. The van der Waals surface area contributed by atoms with Crippen LogP contribution in [0.4, 0.5) is 10.9 Å². The second-order valence-electron chi connectivity index (χ2n) is 4.27. The van der Waals surface area contributed by atoms with E-state index in [9.17, 15) is 9.90 Å². The van der Waals surface area contributed by atoms with Crippen LogP contribution in [0.25, 0.3) is 0 Å². The Morgan fingerprint density at radius 2 is 2.22 bits per heavy atom. The third-order valence-corrected chi connectivity index (χ3v) is 3.53. The van der Waals surface area contributed by atoms with Crippen molar-refractivity contribution in [1.82, 2.24) is 10.3 Å². The molecule has 0 aliphatic rings. The third kappa shape index (κ3) is 3.58. The number of nitrogens with zero attached hydrogens (tertiary/aromatic N) is 1. The van der Waals surface area contributed by atoms with Crippen LogP contribution in [0.5, 0.6) is 0 Å². The number of carbonyl (C=O) groups is 1. The van der Waals surface area contributed by atoms with E-state index in [1.165, 1.54) is 11.3 Å². The number of aromatic nitrogens is 1. The molecule has 7 heteroatoms. The van der Waals surface area contributed by atoms with Gasteiger partial charge in [0, 0.05) is 6.54 Å². The number of thiazole rings is 1. The molecule has 1 aromatic heterocycles. The van der Waals surface area contributed by atoms with Gasteiger partial charge in [0.05, 0.1) is 12.6 Å². The van der Waals surface area contributed by atoms with Crippen molar-refractivity contribution in [2.24, 2.45) is 5.92 Å². The quantitative estimate of drug-likeness (QED) is 0.616. The van der Waals surface area contributed by atoms with Crippen molar-refractivity contribution in [2.45, 2.75) is 26.8 Å². The first-order valence-electron chi connectivity index (χ1n) is 5.91. The standard InChI is InChI=1S/C11H20N4O2S/c1-4-13-11-15-9(12)8(18-11)10(17)14-7(5-16)6(2)3/h6-7,16H,4-5,12H2,1-3H3,(H,13,15)(H,14,17)/t7-/m1/s1. The average Bonchev–Trinajstić information content (AvgIpc) is 2.67. The van der Waals surface area contributed by atoms with Crippen LogP contribution < -0.4 is 16.4 Å². The van der Waals surface area contributed by atoms with Gasteiger partial charge in [-0.3, -0.25) is 4.79 Å². The maximum atomic E-state index is 12.0. The lowest BCUT2D eigenvalue weighted by Gasteiger charge is -2.19. The minimum Gasteiger partial charge on any atom is -0.394 e. The highest BCUT2D eigenvalue weighted by Gasteiger charge is 2.20. The van der Waals surface area contributed by atoms with Gasteiger partial charge in [0.15, 0.2) is 5.13 Å². The van der Waals surface area contributed by atoms with Crippen LogP contribution in [0.15, 0.2) is 0 Å². The van der Waals surface area contributed by atoms with Crippen LogP contribution in [-0.4, -0.2) is 35.2 Å². The van der Waals surface area contributed by atoms with E-state index in [0.717, 1.165) is 6.54 Å². The Bertz CT molecular complexity index is 406. The Labute approximate surface area is 111 Å². The number of nitrogens with one attached hydrogen (secondary N) is 2. The van der Waals surface area contributed by atoms with E-state index in [1.54, 1.807) is 0 Å². The first-order chi connectivity index (χ1) is 8.49. The van der Waals surface area contributed by atoms with Gasteiger partial charge in [-0.1, -0.05) is 25.2 Å². The van der Waals surface area contributed by atoms with Crippen molar-refractivity contribution in [1.29, 1.82) is 0 Å². The van der Waals surface area contributed by atoms with Gasteiger partial charge >= 0.3 is 0 Å². The number of hydrogen-bond acceptors (Lipinski definition) is 6. The molecule has 0 spiro atoms. The zero-order valence-electron chi connectivity index (χ0n) is 10.9. The molecule has 0 radical (unpaired) electrons. The van der Waals surface area contributed by atoms with E-state index < -0.39 is 0 Å². The summed E-state index contributed by atoms with van der Waals surface area (Å²) < 4.78 is 0. The molecule has 1 atom stereocenters. The Hall–Kier alpha value is -1.34. The molecule has 0 fully saturated rings. The van der Waals surface area contributed by atoms with E-state index in [-0.39, 0.29) is 30.3 Å². The monoisotopic (exact) mass is 272 g/mol. The van der Waals surface area contributed by atoms with Gasteiger partial charge in [-0.05, 0) is 12.8 Å². The van der Waals surface area contributed by atoms with Crippen LogP contribution in [0.2, 0.25) is 0 Å². The molecule has 0 saturated carbocycles. The highest BCUT2D eigenvalue weighted by Crippen LogP contribution is 2.24. The largest absolute Gasteiger partial charge is 0.394 e. The van der Waals surface area contributed by atoms with Gasteiger partial charge < -0.3 is 21.5 Å². The average molecular weight is 272 g/mol. The summed E-state index contributed by atoms with van der Waals surface area (Å²) in [5.74, 6) is 0.0807. The number of nitrogens with two attached hydrogens (primary N) is 1. The smallest absolute Gasteiger partial charge is 0.265 e. The zero-order chi connectivity index (χ0) is 13.7. The molecule has 102 valence electrons. The highest BCUT2D eigenvalue weighted by atomic mass is 32.1. The maximum Gasteiger partial charge on any atom is 0.265 e. The Morgan fingerprint density at radius 3 is 2.72 bits per heavy atom. The van der Waals surface area contributed by atoms with E-state index in [1.807, 2.05) is 20.8 Å². The zero-order valence-corrected chi connectivity index (χ0v) is 11.7. The summed E-state index contributed by atoms with van der Waals surface area (Å²) in [4.78, 5) is 16.4. The topological polar surface area (TPSA) is 100 Å². The number of aliphatic hydroxyl groups excluding tert-OH is 1. The summed E-state index contributed by atoms with van der Waals surface area (Å²) in [5, 5.41) is 15.6. The Balaban J connectivity index is 2.77. The molecule has 1 aromatic rings. The number of carbonyl (C=O) groups excluding carboxylic acids is 1. The van der Waals surface area contributed by atoms with Gasteiger partial charge in [0.1, 0.15) is 10.7 Å². The van der Waals surface area contributed by atoms with Crippen LogP contribution in [0.1, 0.15) is 30.4 Å². The molecule has 6 nitrogen and oxygen atoms in total. The van der Waals surface area contributed by atoms with E-state index >= 15 is 0 Å². The lowest BCUT2D eigenvalue weighted by atomic mass is 10.1. The van der Waals surface area contributed by atoms with E-state index in [2.05, 4.69) is 15.6 Å². The second kappa shape index (κ2) is 6.55. The molecule has 0 bridgehead atoms. The molecule has 0 unspecified atom stereocenters. The van der Waals surface area contributed by atoms with Gasteiger partial charge in [-0.25, -0.2) is 4.98 Å². The first-order valence-corrected chi connectivity index (χ1v) is 6.73. The maximum absolute atomic E-state index is 12.0. The number of amides is 1. The van der Waals surface area contributed by atoms with Crippen molar-refractivity contribution >= 4 is 28.2 Å². The summed E-state index contributed by atoms with van der Waals surface area (Å²) in [5.41, 5.74) is 5.70. The van der Waals surface area contributed by atoms with Crippen molar-refractivity contribution in [3.63, 3.8) is 0 Å². The lowest BCUT2D eigenvalue weighted by molar-refractivity contribution is 0.0901. The van der Waals surface area contributed by atoms with Gasteiger partial charge in [-0.2, -0.15) is 0 Å². The fourth-order valence-corrected chi connectivity index (χ4v) is 2.23. The number of rotatable bonds is 6. The second-order valence-corrected chi connectivity index (χ2v) is 5.27. The Kier molecular flexibility index (Phi) is 5.36. The third-order valence-electron chi connectivity index (χ3n) is 2.51. The molecular formula is C11H20N4O2S. The number of anilines is 2. The Morgan fingerprint density at radius 1 is 1.56 bits per heavy atom. The van der Waals surface area contributed by atoms with Crippen molar-refractivity contribution in [2.75, 3.05) is 24.2 Å². The molecule has 5 N–H and O–H groups in total. The summed E-state index contributed by atoms with van der Waals surface area (Å²) in [6.07, 6.45) is 0. The summed E-state index contributed by atoms with van der Waals surface area (Å²) >= 11 is 1.22. The molecule has 0 aromatic carbocycles. The van der Waals surface area contributed by atoms with Crippen molar-refractivity contribution < 1.29 is 9.90 Å². The molecule has 18 heavy (non-hydrogen) atoms. The van der Waals surface area contributed by atoms with Crippen molar-refractivity contribution in [3.8, 4) is 0 Å². The minimum absolute atomic E-state index is 0.0951. The van der Waals surface area contributed by atoms with Crippen LogP contribution >= 0.6 is 11.3 Å². The normalized spacial score (nSPS) is 12.5. The molecule has 1 amide bonds. The molecule has 0 saturated heterocycles. The van der Waals surface area contributed by atoms with Crippen LogP contribution in [0.3, 0.4) is 0 Å². The van der Waals surface area contributed by atoms with E-state index in [0.29, 0.717) is 10.0 Å². The molecular weight excluding hydrogens is 252 g/mol. The first kappa shape index (κ1) is 14.7. The fourth-order valence-electron chi connectivity index (χ4n) is 1.38. The summed E-state index contributed by atoms with van der Waals surface area (Å²) in [6.45, 7) is 6.43.